The van der Waals surface area contributed by atoms with Crippen LogP contribution in [0.15, 0.2) is 91.0 Å². The van der Waals surface area contributed by atoms with Gasteiger partial charge in [0.05, 0.1) is 12.5 Å². The Morgan fingerprint density at radius 2 is 1.14 bits per heavy atom. The second-order valence-electron chi connectivity index (χ2n) is 8.60. The number of cyclic esters (lactones) is 1. The van der Waals surface area contributed by atoms with E-state index in [1.807, 2.05) is 61.5 Å². The first-order valence-corrected chi connectivity index (χ1v) is 15.4. The lowest BCUT2D eigenvalue weighted by atomic mass is 9.80. The highest BCUT2D eigenvalue weighted by Gasteiger charge is 2.54. The van der Waals surface area contributed by atoms with Crippen LogP contribution >= 0.6 is 35.3 Å². The predicted molar refractivity (Wildman–Crippen MR) is 151 cm³/mol. The lowest BCUT2D eigenvalue weighted by molar-refractivity contribution is -0.147. The summed E-state index contributed by atoms with van der Waals surface area (Å²) in [6, 6.07) is 31.0. The Labute approximate surface area is 221 Å². The van der Waals surface area contributed by atoms with Crippen molar-refractivity contribution in [3.8, 4) is 0 Å². The molecule has 3 aromatic carbocycles. The van der Waals surface area contributed by atoms with Crippen molar-refractivity contribution in [1.29, 1.82) is 0 Å². The monoisotopic (exact) mass is 524 g/mol. The second kappa shape index (κ2) is 11.5. The maximum atomic E-state index is 12.8. The average molecular weight is 525 g/mol. The fraction of sp³-hybridized carbons (Fsp3) is 0.345. The standard InChI is InChI=1S/C29H32O3S3/c1-21-26(29(33-2,34-3)35-4)25(32-27(21)30)20-31-28(22-14-8-5-9-15-22,23-16-10-6-11-17-23)24-18-12-7-13-19-24/h5-19,21,25-26H,20H2,1-4H3/t21-,25+,26-/m0/s1. The van der Waals surface area contributed by atoms with E-state index < -0.39 is 5.60 Å². The highest BCUT2D eigenvalue weighted by atomic mass is 32.3. The van der Waals surface area contributed by atoms with E-state index in [4.69, 9.17) is 9.47 Å². The molecule has 0 aliphatic carbocycles. The minimum Gasteiger partial charge on any atom is -0.459 e. The van der Waals surface area contributed by atoms with Gasteiger partial charge >= 0.3 is 5.97 Å². The molecule has 0 bridgehead atoms. The van der Waals surface area contributed by atoms with E-state index in [9.17, 15) is 4.79 Å². The summed E-state index contributed by atoms with van der Waals surface area (Å²) in [5, 5.41) is 0. The number of hydrogen-bond acceptors (Lipinski definition) is 6. The van der Waals surface area contributed by atoms with Crippen molar-refractivity contribution >= 4 is 41.3 Å². The van der Waals surface area contributed by atoms with Gasteiger partial charge in [-0.15, -0.1) is 35.3 Å². The molecule has 4 rings (SSSR count). The van der Waals surface area contributed by atoms with E-state index in [1.54, 1.807) is 35.3 Å². The number of esters is 1. The summed E-state index contributed by atoms with van der Waals surface area (Å²) in [6.45, 7) is 2.28. The third-order valence-corrected chi connectivity index (χ3v) is 12.4. The first-order chi connectivity index (χ1) is 17.0. The molecule has 35 heavy (non-hydrogen) atoms. The van der Waals surface area contributed by atoms with Crippen molar-refractivity contribution in [2.75, 3.05) is 25.4 Å². The molecule has 1 heterocycles. The van der Waals surface area contributed by atoms with Gasteiger partial charge in [-0.1, -0.05) is 97.9 Å². The smallest absolute Gasteiger partial charge is 0.309 e. The van der Waals surface area contributed by atoms with E-state index in [-0.39, 0.29) is 27.3 Å². The highest BCUT2D eigenvalue weighted by molar-refractivity contribution is 8.33. The van der Waals surface area contributed by atoms with E-state index in [1.165, 1.54) is 0 Å². The molecule has 3 aromatic rings. The number of rotatable bonds is 10. The van der Waals surface area contributed by atoms with Crippen molar-refractivity contribution in [2.24, 2.45) is 11.8 Å². The summed E-state index contributed by atoms with van der Waals surface area (Å²) in [5.74, 6) is -0.333. The molecule has 1 aliphatic heterocycles. The Balaban J connectivity index is 1.81. The zero-order chi connectivity index (χ0) is 24.9. The number of carbonyl (C=O) groups is 1. The minimum absolute atomic E-state index is 0.00928. The maximum Gasteiger partial charge on any atom is 0.309 e. The van der Waals surface area contributed by atoms with Gasteiger partial charge in [0, 0.05) is 5.92 Å². The second-order valence-corrected chi connectivity index (χ2v) is 12.5. The summed E-state index contributed by atoms with van der Waals surface area (Å²) in [5.41, 5.74) is 2.28. The molecule has 3 atom stereocenters. The predicted octanol–water partition coefficient (Wildman–Crippen LogP) is 6.92. The number of ether oxygens (including phenoxy) is 2. The Kier molecular flexibility index (Phi) is 8.59. The fourth-order valence-corrected chi connectivity index (χ4v) is 8.99. The van der Waals surface area contributed by atoms with Gasteiger partial charge in [-0.2, -0.15) is 0 Å². The number of carbonyl (C=O) groups excluding carboxylic acids is 1. The molecule has 0 amide bonds. The molecule has 1 saturated heterocycles. The van der Waals surface area contributed by atoms with Gasteiger partial charge in [-0.3, -0.25) is 4.79 Å². The molecule has 6 heteroatoms. The molecule has 1 aliphatic rings. The summed E-state index contributed by atoms with van der Waals surface area (Å²) in [7, 11) is 0. The summed E-state index contributed by atoms with van der Waals surface area (Å²) in [4.78, 5) is 12.8. The van der Waals surface area contributed by atoms with Gasteiger partial charge in [0.25, 0.3) is 0 Å². The topological polar surface area (TPSA) is 35.5 Å². The maximum absolute atomic E-state index is 12.8. The quantitative estimate of drug-likeness (QED) is 0.163. The molecule has 0 saturated carbocycles. The van der Waals surface area contributed by atoms with Gasteiger partial charge in [0.1, 0.15) is 15.1 Å². The Morgan fingerprint density at radius 3 is 1.51 bits per heavy atom. The Hall–Kier alpha value is -1.86. The Morgan fingerprint density at radius 1 is 0.743 bits per heavy atom. The lowest BCUT2D eigenvalue weighted by Crippen LogP contribution is -2.42. The van der Waals surface area contributed by atoms with Crippen LogP contribution in [0.1, 0.15) is 23.6 Å². The van der Waals surface area contributed by atoms with Crippen LogP contribution in [-0.4, -0.2) is 40.9 Å². The molecule has 0 N–H and O–H groups in total. The first-order valence-electron chi connectivity index (χ1n) is 11.7. The van der Waals surface area contributed by atoms with Crippen LogP contribution in [0.2, 0.25) is 0 Å². The molecule has 0 radical (unpaired) electrons. The zero-order valence-corrected chi connectivity index (χ0v) is 23.0. The van der Waals surface area contributed by atoms with Crippen LogP contribution in [0, 0.1) is 11.8 Å². The summed E-state index contributed by atoms with van der Waals surface area (Å²) < 4.78 is 12.8. The van der Waals surface area contributed by atoms with Crippen LogP contribution in [0.4, 0.5) is 0 Å². The molecule has 3 nitrogen and oxygen atoms in total. The molecular formula is C29H32O3S3. The van der Waals surface area contributed by atoms with Crippen LogP contribution in [0.25, 0.3) is 0 Å². The van der Waals surface area contributed by atoms with Crippen molar-refractivity contribution in [2.45, 2.75) is 22.0 Å². The van der Waals surface area contributed by atoms with Crippen LogP contribution in [-0.2, 0) is 19.9 Å². The lowest BCUT2D eigenvalue weighted by Gasteiger charge is -2.40. The first kappa shape index (κ1) is 26.2. The third kappa shape index (κ3) is 4.91. The van der Waals surface area contributed by atoms with Gasteiger partial charge in [-0.05, 0) is 35.5 Å². The van der Waals surface area contributed by atoms with Crippen molar-refractivity contribution < 1.29 is 14.3 Å². The normalized spacial score (nSPS) is 20.6. The number of benzene rings is 3. The zero-order valence-electron chi connectivity index (χ0n) is 20.5. The SMILES string of the molecule is CSC(SC)(SC)[C@H]1[C@H](C)C(=O)O[C@@H]1COC(c1ccccc1)(c1ccccc1)c1ccccc1. The van der Waals surface area contributed by atoms with Crippen LogP contribution < -0.4 is 0 Å². The van der Waals surface area contributed by atoms with E-state index in [0.717, 1.165) is 16.7 Å². The Bertz CT molecular complexity index is 983. The third-order valence-electron chi connectivity index (χ3n) is 6.85. The molecule has 184 valence electrons. The number of thioether (sulfide) groups is 3. The highest BCUT2D eigenvalue weighted by Crippen LogP contribution is 2.55. The average Bonchev–Trinajstić information content (AvgIpc) is 3.21. The largest absolute Gasteiger partial charge is 0.459 e. The number of hydrogen-bond donors (Lipinski definition) is 0. The van der Waals surface area contributed by atoms with Gasteiger partial charge in [-0.25, -0.2) is 0 Å². The van der Waals surface area contributed by atoms with Crippen LogP contribution in [0.5, 0.6) is 0 Å². The fourth-order valence-electron chi connectivity index (χ4n) is 5.10. The molecule has 0 unspecified atom stereocenters. The van der Waals surface area contributed by atoms with Gasteiger partial charge in [0.2, 0.25) is 0 Å². The van der Waals surface area contributed by atoms with E-state index >= 15 is 0 Å². The summed E-state index contributed by atoms with van der Waals surface area (Å²) >= 11 is 5.35. The van der Waals surface area contributed by atoms with Crippen molar-refractivity contribution in [1.82, 2.24) is 0 Å². The van der Waals surface area contributed by atoms with Gasteiger partial charge < -0.3 is 9.47 Å². The molecular weight excluding hydrogens is 493 g/mol. The van der Waals surface area contributed by atoms with Crippen molar-refractivity contribution in [3.63, 3.8) is 0 Å². The minimum atomic E-state index is -0.840. The van der Waals surface area contributed by atoms with Gasteiger partial charge in [0.15, 0.2) is 0 Å². The van der Waals surface area contributed by atoms with E-state index in [2.05, 4.69) is 55.2 Å². The van der Waals surface area contributed by atoms with Crippen LogP contribution in [0.3, 0.4) is 0 Å². The molecule has 0 spiro atoms. The van der Waals surface area contributed by atoms with E-state index in [0.29, 0.717) is 6.61 Å². The van der Waals surface area contributed by atoms with Crippen molar-refractivity contribution in [3.05, 3.63) is 108 Å². The molecule has 1 fully saturated rings. The molecule has 0 aromatic heterocycles. The summed E-state index contributed by atoms with van der Waals surface area (Å²) in [6.07, 6.45) is 5.99.